The molecule has 2 nitrogen and oxygen atoms in total. The highest BCUT2D eigenvalue weighted by atomic mass is 19.4. The Kier molecular flexibility index (Phi) is 1.77. The summed E-state index contributed by atoms with van der Waals surface area (Å²) < 4.78 is 37.3. The van der Waals surface area contributed by atoms with Crippen LogP contribution in [0.2, 0.25) is 0 Å². The second-order valence-electron chi connectivity index (χ2n) is 2.82. The molecule has 0 aliphatic carbocycles. The molecule has 0 bridgehead atoms. The Bertz CT molecular complexity index is 470. The Morgan fingerprint density at radius 2 is 2.00 bits per heavy atom. The Morgan fingerprint density at radius 1 is 1.29 bits per heavy atom. The topological polar surface area (TPSA) is 28.7 Å². The number of fused-ring (bicyclic) bond motifs is 1. The molecular formula is C9H5F3N2. The summed E-state index contributed by atoms with van der Waals surface area (Å²) in [6.45, 7) is 5.27. The van der Waals surface area contributed by atoms with Gasteiger partial charge in [-0.3, -0.25) is 0 Å². The lowest BCUT2D eigenvalue weighted by Gasteiger charge is -2.05. The molecule has 1 N–H and O–H groups in total. The van der Waals surface area contributed by atoms with Crippen molar-refractivity contribution in [2.45, 2.75) is 6.18 Å². The van der Waals surface area contributed by atoms with Crippen molar-refractivity contribution < 1.29 is 13.2 Å². The second-order valence-corrected chi connectivity index (χ2v) is 2.82. The van der Waals surface area contributed by atoms with Crippen molar-refractivity contribution in [2.75, 3.05) is 0 Å². The van der Waals surface area contributed by atoms with Gasteiger partial charge in [-0.15, -0.1) is 0 Å². The first-order chi connectivity index (χ1) is 6.48. The van der Waals surface area contributed by atoms with Gasteiger partial charge in [0, 0.05) is 6.92 Å². The first-order valence-corrected chi connectivity index (χ1v) is 3.80. The van der Waals surface area contributed by atoms with E-state index >= 15 is 0 Å². The SMILES string of the molecule is [CH]c1nc2c(C(F)(F)F)cccc2[nH]1. The largest absolute Gasteiger partial charge is 0.418 e. The van der Waals surface area contributed by atoms with Crippen LogP contribution in [0.4, 0.5) is 13.2 Å². The van der Waals surface area contributed by atoms with Crippen LogP contribution in [0.5, 0.6) is 0 Å². The first kappa shape index (κ1) is 9.05. The molecule has 0 saturated carbocycles. The van der Waals surface area contributed by atoms with Crippen LogP contribution in [0.25, 0.3) is 11.0 Å². The van der Waals surface area contributed by atoms with Gasteiger partial charge in [-0.1, -0.05) is 6.07 Å². The summed E-state index contributed by atoms with van der Waals surface area (Å²) in [6, 6.07) is 3.78. The van der Waals surface area contributed by atoms with Gasteiger partial charge in [-0.2, -0.15) is 13.2 Å². The highest BCUT2D eigenvalue weighted by Crippen LogP contribution is 2.33. The molecule has 2 rings (SSSR count). The van der Waals surface area contributed by atoms with Crippen LogP contribution in [0.1, 0.15) is 11.4 Å². The summed E-state index contributed by atoms with van der Waals surface area (Å²) in [5.41, 5.74) is -0.627. The molecule has 0 saturated heterocycles. The van der Waals surface area contributed by atoms with Crippen molar-refractivity contribution in [2.24, 2.45) is 0 Å². The lowest BCUT2D eigenvalue weighted by molar-refractivity contribution is -0.136. The summed E-state index contributed by atoms with van der Waals surface area (Å²) in [4.78, 5) is 6.12. The summed E-state index contributed by atoms with van der Waals surface area (Å²) in [5, 5.41) is 0. The fourth-order valence-electron chi connectivity index (χ4n) is 1.28. The molecule has 0 fully saturated rings. The van der Waals surface area contributed by atoms with E-state index in [0.29, 0.717) is 0 Å². The summed E-state index contributed by atoms with van der Waals surface area (Å²) in [7, 11) is 0. The average molecular weight is 198 g/mol. The highest BCUT2D eigenvalue weighted by molar-refractivity contribution is 5.79. The number of hydrogen-bond acceptors (Lipinski definition) is 1. The van der Waals surface area contributed by atoms with Gasteiger partial charge >= 0.3 is 6.18 Å². The molecule has 2 aromatic rings. The van der Waals surface area contributed by atoms with Crippen LogP contribution in [0.15, 0.2) is 18.2 Å². The Labute approximate surface area is 77.8 Å². The number of halogens is 3. The van der Waals surface area contributed by atoms with Gasteiger partial charge in [0.2, 0.25) is 0 Å². The van der Waals surface area contributed by atoms with E-state index in [9.17, 15) is 13.2 Å². The molecular weight excluding hydrogens is 193 g/mol. The van der Waals surface area contributed by atoms with Gasteiger partial charge in [0.1, 0.15) is 11.3 Å². The fourth-order valence-corrected chi connectivity index (χ4v) is 1.28. The summed E-state index contributed by atoms with van der Waals surface area (Å²) in [6.07, 6.45) is -4.40. The Hall–Kier alpha value is -1.52. The maximum Gasteiger partial charge on any atom is 0.418 e. The van der Waals surface area contributed by atoms with Crippen molar-refractivity contribution in [3.05, 3.63) is 36.5 Å². The molecule has 0 amide bonds. The molecule has 0 aliphatic heterocycles. The molecule has 1 heterocycles. The Balaban J connectivity index is 2.77. The molecule has 0 unspecified atom stereocenters. The smallest absolute Gasteiger partial charge is 0.342 e. The van der Waals surface area contributed by atoms with Gasteiger partial charge < -0.3 is 4.98 Å². The molecule has 14 heavy (non-hydrogen) atoms. The molecule has 1 aromatic carbocycles. The van der Waals surface area contributed by atoms with E-state index in [1.54, 1.807) is 0 Å². The first-order valence-electron chi connectivity index (χ1n) is 3.80. The number of hydrogen-bond donors (Lipinski definition) is 1. The number of aromatic nitrogens is 2. The van der Waals surface area contributed by atoms with Gasteiger partial charge in [0.15, 0.2) is 0 Å². The van der Waals surface area contributed by atoms with E-state index in [-0.39, 0.29) is 16.9 Å². The molecule has 2 radical (unpaired) electrons. The predicted molar refractivity (Wildman–Crippen MR) is 44.5 cm³/mol. The van der Waals surface area contributed by atoms with Gasteiger partial charge in [0.05, 0.1) is 11.1 Å². The maximum atomic E-state index is 12.4. The normalized spacial score (nSPS) is 12.3. The molecule has 72 valence electrons. The third-order valence-corrected chi connectivity index (χ3v) is 1.84. The van der Waals surface area contributed by atoms with E-state index < -0.39 is 11.7 Å². The zero-order chi connectivity index (χ0) is 10.3. The quantitative estimate of drug-likeness (QED) is 0.692. The number of rotatable bonds is 0. The van der Waals surface area contributed by atoms with Crippen molar-refractivity contribution >= 4 is 11.0 Å². The highest BCUT2D eigenvalue weighted by Gasteiger charge is 2.33. The molecule has 1 aromatic heterocycles. The number of alkyl halides is 3. The van der Waals surface area contributed by atoms with Crippen molar-refractivity contribution in [3.63, 3.8) is 0 Å². The predicted octanol–water partition coefficient (Wildman–Crippen LogP) is 2.64. The minimum atomic E-state index is -4.40. The molecule has 0 spiro atoms. The average Bonchev–Trinajstić information content (AvgIpc) is 2.41. The standard InChI is InChI=1S/C9H5F3N2/c1-5-13-7-4-2-3-6(8(7)14-5)9(10,11)12/h1-4H,(H,13,14). The van der Waals surface area contributed by atoms with Crippen LogP contribution < -0.4 is 0 Å². The van der Waals surface area contributed by atoms with Crippen molar-refractivity contribution in [1.29, 1.82) is 0 Å². The van der Waals surface area contributed by atoms with E-state index in [0.717, 1.165) is 6.07 Å². The maximum absolute atomic E-state index is 12.4. The zero-order valence-electron chi connectivity index (χ0n) is 6.89. The van der Waals surface area contributed by atoms with Gasteiger partial charge in [-0.05, 0) is 12.1 Å². The van der Waals surface area contributed by atoms with E-state index in [1.165, 1.54) is 12.1 Å². The van der Waals surface area contributed by atoms with E-state index in [2.05, 4.69) is 9.97 Å². The number of para-hydroxylation sites is 1. The van der Waals surface area contributed by atoms with Gasteiger partial charge in [0.25, 0.3) is 0 Å². The molecule has 0 aliphatic rings. The zero-order valence-corrected chi connectivity index (χ0v) is 6.89. The molecule has 0 atom stereocenters. The lowest BCUT2D eigenvalue weighted by Crippen LogP contribution is -2.05. The summed E-state index contributed by atoms with van der Waals surface area (Å²) >= 11 is 0. The van der Waals surface area contributed by atoms with Crippen LogP contribution in [0.3, 0.4) is 0 Å². The van der Waals surface area contributed by atoms with E-state index in [4.69, 9.17) is 6.92 Å². The fraction of sp³-hybridized carbons (Fsp3) is 0.111. The van der Waals surface area contributed by atoms with Gasteiger partial charge in [-0.25, -0.2) is 4.98 Å². The second kappa shape index (κ2) is 2.73. The number of nitrogens with zero attached hydrogens (tertiary/aromatic N) is 1. The van der Waals surface area contributed by atoms with Crippen LogP contribution in [-0.4, -0.2) is 9.97 Å². The number of imidazole rings is 1. The monoisotopic (exact) mass is 198 g/mol. The minimum Gasteiger partial charge on any atom is -0.342 e. The number of aromatic amines is 1. The number of H-pyrrole nitrogens is 1. The Morgan fingerprint density at radius 3 is 2.64 bits per heavy atom. The third kappa shape index (κ3) is 1.34. The van der Waals surface area contributed by atoms with Crippen LogP contribution >= 0.6 is 0 Å². The third-order valence-electron chi connectivity index (χ3n) is 1.84. The molecule has 5 heteroatoms. The van der Waals surface area contributed by atoms with Crippen LogP contribution in [-0.2, 0) is 6.18 Å². The number of nitrogens with one attached hydrogen (secondary N) is 1. The lowest BCUT2D eigenvalue weighted by atomic mass is 10.2. The number of benzene rings is 1. The minimum absolute atomic E-state index is 0.0169. The van der Waals surface area contributed by atoms with Crippen molar-refractivity contribution in [1.82, 2.24) is 9.97 Å². The van der Waals surface area contributed by atoms with E-state index in [1.807, 2.05) is 0 Å². The van der Waals surface area contributed by atoms with Crippen LogP contribution in [0, 0.1) is 6.92 Å². The van der Waals surface area contributed by atoms with Crippen molar-refractivity contribution in [3.8, 4) is 0 Å². The summed E-state index contributed by atoms with van der Waals surface area (Å²) in [5.74, 6) is -0.0169.